The summed E-state index contributed by atoms with van der Waals surface area (Å²) in [6.45, 7) is 0. The Labute approximate surface area is 252 Å². The van der Waals surface area contributed by atoms with Crippen molar-refractivity contribution in [3.8, 4) is 0 Å². The molecular formula is C37H30O2P2S. The average Bonchev–Trinajstić information content (AvgIpc) is 3.43. The summed E-state index contributed by atoms with van der Waals surface area (Å²) in [4.78, 5) is 9.57. The van der Waals surface area contributed by atoms with Crippen LogP contribution in [0.3, 0.4) is 0 Å². The number of benzene rings is 6. The third kappa shape index (κ3) is 6.02. The zero-order valence-corrected chi connectivity index (χ0v) is 25.6. The molecule has 0 fully saturated rings. The lowest BCUT2D eigenvalue weighted by atomic mass is 10.1. The van der Waals surface area contributed by atoms with E-state index in [4.69, 9.17) is 0 Å². The van der Waals surface area contributed by atoms with E-state index in [0.717, 1.165) is 43.1 Å². The fourth-order valence-corrected chi connectivity index (χ4v) is 9.29. The highest BCUT2D eigenvalue weighted by molar-refractivity contribution is 7.85. The fourth-order valence-electron chi connectivity index (χ4n) is 5.18. The third-order valence-electron chi connectivity index (χ3n) is 7.28. The zero-order chi connectivity index (χ0) is 28.8. The molecule has 2 nitrogen and oxygen atoms in total. The van der Waals surface area contributed by atoms with Gasteiger partial charge in [-0.2, -0.15) is 0 Å². The van der Waals surface area contributed by atoms with Gasteiger partial charge in [0.25, 0.3) is 0 Å². The van der Waals surface area contributed by atoms with Gasteiger partial charge < -0.3 is 9.46 Å². The first-order valence-corrected chi connectivity index (χ1v) is 17.3. The molecule has 206 valence electrons. The maximum Gasteiger partial charge on any atom is 0.171 e. The number of hydrogen-bond donors (Lipinski definition) is 1. The summed E-state index contributed by atoms with van der Waals surface area (Å²) in [7, 11) is -3.23. The van der Waals surface area contributed by atoms with Gasteiger partial charge >= 0.3 is 0 Å². The van der Waals surface area contributed by atoms with Gasteiger partial charge in [0.15, 0.2) is 7.14 Å². The quantitative estimate of drug-likeness (QED) is 0.196. The van der Waals surface area contributed by atoms with Crippen molar-refractivity contribution in [1.29, 1.82) is 0 Å². The van der Waals surface area contributed by atoms with Gasteiger partial charge in [-0.1, -0.05) is 127 Å². The summed E-state index contributed by atoms with van der Waals surface area (Å²) < 4.78 is 16.9. The van der Waals surface area contributed by atoms with Crippen LogP contribution >= 0.6 is 27.3 Å². The highest BCUT2D eigenvalue weighted by Gasteiger charge is 2.30. The van der Waals surface area contributed by atoms with Crippen LogP contribution in [-0.2, 0) is 11.0 Å². The Morgan fingerprint density at radius 3 is 1.48 bits per heavy atom. The van der Waals surface area contributed by atoms with Gasteiger partial charge in [0.2, 0.25) is 0 Å². The molecule has 1 N–H and O–H groups in total. The number of thiophene rings is 1. The van der Waals surface area contributed by atoms with Gasteiger partial charge in [-0.15, -0.1) is 11.3 Å². The second-order valence-electron chi connectivity index (χ2n) is 10.0. The van der Waals surface area contributed by atoms with Gasteiger partial charge in [-0.3, -0.25) is 0 Å². The van der Waals surface area contributed by atoms with Crippen LogP contribution < -0.4 is 21.2 Å². The molecule has 0 saturated carbocycles. The van der Waals surface area contributed by atoms with Crippen molar-refractivity contribution >= 4 is 68.7 Å². The maximum atomic E-state index is 14.6. The van der Waals surface area contributed by atoms with Crippen LogP contribution in [0.25, 0.3) is 20.2 Å². The van der Waals surface area contributed by atoms with Crippen LogP contribution in [0.2, 0.25) is 0 Å². The molecule has 1 heterocycles. The second kappa shape index (κ2) is 13.0. The Hall–Kier alpha value is -3.84. The van der Waals surface area contributed by atoms with Crippen LogP contribution in [0.4, 0.5) is 0 Å². The van der Waals surface area contributed by atoms with Gasteiger partial charge in [0.05, 0.1) is 0 Å². The van der Waals surface area contributed by atoms with Crippen molar-refractivity contribution in [3.63, 3.8) is 0 Å². The molecule has 0 saturated heterocycles. The molecule has 7 rings (SSSR count). The Kier molecular flexibility index (Phi) is 8.75. The number of fused-ring (bicyclic) bond motifs is 3. The first kappa shape index (κ1) is 28.3. The first-order valence-electron chi connectivity index (χ1n) is 13.8. The van der Waals surface area contributed by atoms with Gasteiger partial charge in [0.1, 0.15) is 0 Å². The highest BCUT2D eigenvalue weighted by atomic mass is 32.1. The predicted molar refractivity (Wildman–Crippen MR) is 185 cm³/mol. The summed E-state index contributed by atoms with van der Waals surface area (Å²) >= 11 is 1.72. The van der Waals surface area contributed by atoms with E-state index in [2.05, 4.69) is 78.9 Å². The SMILES string of the molecule is O=P(c1ccccc1)(c1ccccc1)c1ccc2sc3ccc(PO)cc3c2c1.c1ccc(Cc2ccccc2)cc1. The lowest BCUT2D eigenvalue weighted by Gasteiger charge is -2.20. The zero-order valence-electron chi connectivity index (χ0n) is 22.9. The van der Waals surface area contributed by atoms with Gasteiger partial charge in [-0.05, 0) is 53.2 Å². The van der Waals surface area contributed by atoms with Crippen LogP contribution in [-0.4, -0.2) is 4.89 Å². The molecule has 0 radical (unpaired) electrons. The molecule has 0 aliphatic carbocycles. The van der Waals surface area contributed by atoms with Crippen molar-refractivity contribution in [2.24, 2.45) is 0 Å². The molecule has 0 amide bonds. The maximum absolute atomic E-state index is 14.6. The number of rotatable bonds is 6. The molecule has 1 aromatic heterocycles. The van der Waals surface area contributed by atoms with Crippen molar-refractivity contribution in [1.82, 2.24) is 0 Å². The van der Waals surface area contributed by atoms with E-state index in [1.54, 1.807) is 11.3 Å². The van der Waals surface area contributed by atoms with E-state index >= 15 is 0 Å². The van der Waals surface area contributed by atoms with Crippen molar-refractivity contribution in [3.05, 3.63) is 169 Å². The monoisotopic (exact) mass is 600 g/mol. The summed E-state index contributed by atoms with van der Waals surface area (Å²) in [5.74, 6) is 0. The lowest BCUT2D eigenvalue weighted by Crippen LogP contribution is -2.24. The summed E-state index contributed by atoms with van der Waals surface area (Å²) in [6, 6.07) is 52.8. The van der Waals surface area contributed by atoms with Crippen LogP contribution in [0.1, 0.15) is 11.1 Å². The molecule has 1 atom stereocenters. The Balaban J connectivity index is 0.000000203. The molecule has 1 unspecified atom stereocenters. The minimum Gasteiger partial charge on any atom is -0.372 e. The molecule has 0 bridgehead atoms. The van der Waals surface area contributed by atoms with Crippen LogP contribution in [0, 0.1) is 0 Å². The Morgan fingerprint density at radius 2 is 0.976 bits per heavy atom. The lowest BCUT2D eigenvalue weighted by molar-refractivity contribution is 0.592. The van der Waals surface area contributed by atoms with Crippen LogP contribution in [0.5, 0.6) is 0 Å². The number of hydrogen-bond acceptors (Lipinski definition) is 3. The minimum atomic E-state index is -3.00. The fraction of sp³-hybridized carbons (Fsp3) is 0.0270. The van der Waals surface area contributed by atoms with E-state index in [0.29, 0.717) is 0 Å². The topological polar surface area (TPSA) is 37.3 Å². The summed E-state index contributed by atoms with van der Waals surface area (Å²) in [6.07, 6.45) is 1.03. The molecule has 0 aliphatic heterocycles. The molecule has 7 aromatic rings. The van der Waals surface area contributed by atoms with Gasteiger partial charge in [0, 0.05) is 44.9 Å². The van der Waals surface area contributed by atoms with Crippen molar-refractivity contribution in [2.75, 3.05) is 0 Å². The molecule has 42 heavy (non-hydrogen) atoms. The molecule has 0 spiro atoms. The normalized spacial score (nSPS) is 11.5. The van der Waals surface area contributed by atoms with E-state index in [1.165, 1.54) is 15.8 Å². The van der Waals surface area contributed by atoms with Gasteiger partial charge in [-0.25, -0.2) is 0 Å². The Bertz CT molecular complexity index is 1870. The smallest absolute Gasteiger partial charge is 0.171 e. The average molecular weight is 601 g/mol. The second-order valence-corrected chi connectivity index (χ2v) is 14.7. The molecule has 5 heteroatoms. The predicted octanol–water partition coefficient (Wildman–Crippen LogP) is 8.18. The summed E-state index contributed by atoms with van der Waals surface area (Å²) in [5.41, 5.74) is 2.74. The molecule has 6 aromatic carbocycles. The Morgan fingerprint density at radius 1 is 0.524 bits per heavy atom. The largest absolute Gasteiger partial charge is 0.372 e. The van der Waals surface area contributed by atoms with E-state index in [-0.39, 0.29) is 8.81 Å². The standard InChI is InChI=1S/C24H18O2P2S.C13H12/c25-27-17-11-13-23-21(15-17)22-16-20(12-14-24(22)29-23)28(26,18-7-3-1-4-8-18)19-9-5-2-6-10-19;1-3-7-12(8-4-1)11-13-9-5-2-6-10-13/h1-16,25,27H;1-10H,11H2. The van der Waals surface area contributed by atoms with E-state index in [9.17, 15) is 9.46 Å². The van der Waals surface area contributed by atoms with Crippen molar-refractivity contribution in [2.45, 2.75) is 6.42 Å². The minimum absolute atomic E-state index is 0.232. The summed E-state index contributed by atoms with van der Waals surface area (Å²) in [5, 5.41) is 5.62. The molecule has 0 aliphatic rings. The highest BCUT2D eigenvalue weighted by Crippen LogP contribution is 2.44. The first-order chi connectivity index (χ1) is 20.6. The van der Waals surface area contributed by atoms with E-state index < -0.39 is 7.14 Å². The third-order valence-corrected chi connectivity index (χ3v) is 12.1. The van der Waals surface area contributed by atoms with E-state index in [1.807, 2.05) is 78.9 Å². The molecular weight excluding hydrogens is 570 g/mol. The van der Waals surface area contributed by atoms with Crippen LogP contribution in [0.15, 0.2) is 158 Å². The van der Waals surface area contributed by atoms with Crippen molar-refractivity contribution < 1.29 is 9.46 Å².